The highest BCUT2D eigenvalue weighted by Crippen LogP contribution is 2.32. The van der Waals surface area contributed by atoms with Crippen LogP contribution in [0.3, 0.4) is 0 Å². The van der Waals surface area contributed by atoms with Crippen molar-refractivity contribution in [1.82, 2.24) is 24.9 Å². The molecular formula is C24H23ClN6O5S. The molecule has 5 atom stereocenters. The minimum atomic E-state index is -2.36. The van der Waals surface area contributed by atoms with Gasteiger partial charge in [0.05, 0.1) is 29.4 Å². The number of halogens is 1. The molecule has 0 aliphatic carbocycles. The van der Waals surface area contributed by atoms with Gasteiger partial charge in [0, 0.05) is 45.2 Å². The van der Waals surface area contributed by atoms with Gasteiger partial charge in [-0.05, 0) is 36.2 Å². The number of benzene rings is 1. The van der Waals surface area contributed by atoms with Crippen LogP contribution in [0.4, 0.5) is 5.69 Å². The maximum Gasteiger partial charge on any atom is 0.296 e. The van der Waals surface area contributed by atoms with E-state index < -0.39 is 28.0 Å². The first-order chi connectivity index (χ1) is 17.7. The number of H-pyrrole nitrogens is 1. The summed E-state index contributed by atoms with van der Waals surface area (Å²) in [6.07, 6.45) is 3.03. The quantitative estimate of drug-likeness (QED) is 0.312. The molecule has 11 nitrogen and oxygen atoms in total. The van der Waals surface area contributed by atoms with Crippen LogP contribution in [0, 0.1) is 0 Å². The van der Waals surface area contributed by atoms with E-state index >= 15 is 0 Å². The molecule has 2 aliphatic heterocycles. The van der Waals surface area contributed by atoms with E-state index in [0.29, 0.717) is 45.6 Å². The molecule has 2 aliphatic rings. The molecule has 0 radical (unpaired) electrons. The smallest absolute Gasteiger partial charge is 0.296 e. The average molecular weight is 543 g/mol. The molecule has 13 heteroatoms. The first-order valence-corrected chi connectivity index (χ1v) is 13.9. The van der Waals surface area contributed by atoms with Gasteiger partial charge in [-0.3, -0.25) is 0 Å². The molecule has 192 valence electrons. The van der Waals surface area contributed by atoms with Crippen LogP contribution in [0.15, 0.2) is 42.7 Å². The zero-order valence-electron chi connectivity index (χ0n) is 19.6. The van der Waals surface area contributed by atoms with E-state index in [9.17, 15) is 9.32 Å². The fourth-order valence-corrected chi connectivity index (χ4v) is 5.27. The number of fused-ring (bicyclic) bond motifs is 2. The van der Waals surface area contributed by atoms with Gasteiger partial charge in [-0.2, -0.15) is 4.98 Å². The molecule has 5 heterocycles. The second-order valence-electron chi connectivity index (χ2n) is 9.03. The molecule has 0 bridgehead atoms. The summed E-state index contributed by atoms with van der Waals surface area (Å²) in [4.78, 5) is 21.0. The summed E-state index contributed by atoms with van der Waals surface area (Å²) in [6.45, 7) is 0.512. The highest BCUT2D eigenvalue weighted by molar-refractivity contribution is 8.00. The zero-order chi connectivity index (χ0) is 25.7. The molecule has 37 heavy (non-hydrogen) atoms. The van der Waals surface area contributed by atoms with E-state index in [-0.39, 0.29) is 18.7 Å². The molecule has 2 fully saturated rings. The second kappa shape index (κ2) is 9.23. The number of anilines is 1. The third-order valence-electron chi connectivity index (χ3n) is 6.05. The van der Waals surface area contributed by atoms with Crippen LogP contribution in [-0.2, 0) is 19.2 Å². The summed E-state index contributed by atoms with van der Waals surface area (Å²) >= 11 is 6.52. The summed E-state index contributed by atoms with van der Waals surface area (Å²) in [5.74, 6) is 4.11. The summed E-state index contributed by atoms with van der Waals surface area (Å²) in [5.41, 5.74) is 3.63. The van der Waals surface area contributed by atoms with Crippen molar-refractivity contribution in [3.05, 3.63) is 47.7 Å². The van der Waals surface area contributed by atoms with E-state index in [0.717, 1.165) is 5.56 Å². The Morgan fingerprint density at radius 3 is 2.59 bits per heavy atom. The topological polar surface area (TPSA) is 144 Å². The Morgan fingerprint density at radius 2 is 1.86 bits per heavy atom. The highest BCUT2D eigenvalue weighted by atomic mass is 35.5. The Hall–Kier alpha value is -3.29. The fourth-order valence-electron chi connectivity index (χ4n) is 4.38. The SMILES string of the molecule is C=S(C)(=O)Nc1ccc(-c2ncc(-c3nc4nc(OC5COC6C(O)COC56)[nH]c4cc3Cl)cn2)cc1. The molecule has 1 aromatic carbocycles. The predicted octanol–water partition coefficient (Wildman–Crippen LogP) is 2.31. The first kappa shape index (κ1) is 24.1. The van der Waals surface area contributed by atoms with Crippen LogP contribution in [0.25, 0.3) is 33.8 Å². The van der Waals surface area contributed by atoms with Crippen molar-refractivity contribution < 1.29 is 23.5 Å². The molecule has 3 N–H and O–H groups in total. The van der Waals surface area contributed by atoms with Gasteiger partial charge in [-0.1, -0.05) is 11.6 Å². The Kier molecular flexibility index (Phi) is 6.00. The Bertz CT molecular complexity index is 1560. The van der Waals surface area contributed by atoms with Gasteiger partial charge in [-0.15, -0.1) is 0 Å². The minimum Gasteiger partial charge on any atom is -0.456 e. The third-order valence-corrected chi connectivity index (χ3v) is 7.01. The number of aliphatic hydroxyl groups is 1. The highest BCUT2D eigenvalue weighted by Gasteiger charge is 2.48. The van der Waals surface area contributed by atoms with Crippen LogP contribution in [0.2, 0.25) is 5.02 Å². The van der Waals surface area contributed by atoms with Gasteiger partial charge >= 0.3 is 0 Å². The van der Waals surface area contributed by atoms with E-state index in [1.54, 1.807) is 30.6 Å². The van der Waals surface area contributed by atoms with E-state index in [1.807, 2.05) is 12.1 Å². The van der Waals surface area contributed by atoms with Gasteiger partial charge in [0.1, 0.15) is 18.3 Å². The molecular weight excluding hydrogens is 520 g/mol. The number of nitrogens with zero attached hydrogens (tertiary/aromatic N) is 4. The van der Waals surface area contributed by atoms with Crippen molar-refractivity contribution in [3.8, 4) is 28.7 Å². The maximum absolute atomic E-state index is 11.8. The van der Waals surface area contributed by atoms with Gasteiger partial charge in [-0.25, -0.2) is 19.2 Å². The van der Waals surface area contributed by atoms with E-state index in [4.69, 9.17) is 25.8 Å². The molecule has 5 unspecified atom stereocenters. The Balaban J connectivity index is 1.21. The molecule has 0 spiro atoms. The summed E-state index contributed by atoms with van der Waals surface area (Å²) in [7, 11) is -2.36. The number of ether oxygens (including phenoxy) is 3. The molecule has 2 saturated heterocycles. The zero-order valence-corrected chi connectivity index (χ0v) is 21.2. The second-order valence-corrected chi connectivity index (χ2v) is 11.7. The van der Waals surface area contributed by atoms with Crippen LogP contribution < -0.4 is 9.46 Å². The lowest BCUT2D eigenvalue weighted by atomic mass is 10.1. The maximum atomic E-state index is 11.8. The van der Waals surface area contributed by atoms with Crippen LogP contribution >= 0.6 is 11.6 Å². The van der Waals surface area contributed by atoms with Crippen molar-refractivity contribution in [2.24, 2.45) is 0 Å². The van der Waals surface area contributed by atoms with Crippen molar-refractivity contribution in [1.29, 1.82) is 0 Å². The minimum absolute atomic E-state index is 0.220. The van der Waals surface area contributed by atoms with Crippen molar-refractivity contribution in [2.45, 2.75) is 24.4 Å². The number of hydrogen-bond acceptors (Lipinski definition) is 9. The van der Waals surface area contributed by atoms with Crippen LogP contribution in [-0.4, -0.2) is 84.0 Å². The molecule has 3 aromatic heterocycles. The number of nitrogens with one attached hydrogen (secondary N) is 2. The van der Waals surface area contributed by atoms with Gasteiger partial charge in [0.15, 0.2) is 17.6 Å². The van der Waals surface area contributed by atoms with Gasteiger partial charge in [0.25, 0.3) is 6.01 Å². The first-order valence-electron chi connectivity index (χ1n) is 11.4. The monoisotopic (exact) mass is 542 g/mol. The Labute approximate surface area is 217 Å². The number of aliphatic hydroxyl groups excluding tert-OH is 1. The van der Waals surface area contributed by atoms with Crippen LogP contribution in [0.1, 0.15) is 0 Å². The third kappa shape index (κ3) is 4.86. The largest absolute Gasteiger partial charge is 0.456 e. The summed E-state index contributed by atoms with van der Waals surface area (Å²) in [6, 6.07) is 9.24. The van der Waals surface area contributed by atoms with Gasteiger partial charge < -0.3 is 29.0 Å². The normalized spacial score (nSPS) is 24.6. The van der Waals surface area contributed by atoms with Crippen molar-refractivity contribution in [2.75, 3.05) is 24.2 Å². The summed E-state index contributed by atoms with van der Waals surface area (Å²) < 4.78 is 31.8. The number of aromatic amines is 1. The fraction of sp³-hybridized carbons (Fsp3) is 0.292. The average Bonchev–Trinajstić information content (AvgIpc) is 3.55. The lowest BCUT2D eigenvalue weighted by Crippen LogP contribution is -2.34. The van der Waals surface area contributed by atoms with E-state index in [2.05, 4.69) is 35.5 Å². The number of pyridine rings is 1. The van der Waals surface area contributed by atoms with Crippen molar-refractivity contribution >= 4 is 44.0 Å². The molecule has 0 saturated carbocycles. The number of hydrogen-bond donors (Lipinski definition) is 3. The number of rotatable bonds is 6. The lowest BCUT2D eigenvalue weighted by Gasteiger charge is -2.15. The number of imidazole rings is 1. The molecule has 4 aromatic rings. The Morgan fingerprint density at radius 1 is 1.14 bits per heavy atom. The number of aromatic nitrogens is 5. The predicted molar refractivity (Wildman–Crippen MR) is 140 cm³/mol. The summed E-state index contributed by atoms with van der Waals surface area (Å²) in [5, 5.41) is 10.3. The standard InChI is InChI=1S/C24H23ClN6O5S/c1-37(2,33)31-14-5-3-12(4-6-14)22-26-8-13(9-27-22)19-15(25)7-16-23(29-19)30-24(28-16)36-18-11-35-20-17(32)10-34-21(18)20/h3-9,17-18,20-21,32H,1,10-11H2,2H3,(H,31,33)(H,28,29,30). The lowest BCUT2D eigenvalue weighted by molar-refractivity contribution is 0.00706. The molecule has 6 rings (SSSR count). The van der Waals surface area contributed by atoms with Gasteiger partial charge in [0.2, 0.25) is 0 Å². The van der Waals surface area contributed by atoms with E-state index in [1.165, 1.54) is 6.26 Å². The van der Waals surface area contributed by atoms with Crippen molar-refractivity contribution in [3.63, 3.8) is 0 Å². The van der Waals surface area contributed by atoms with Crippen LogP contribution in [0.5, 0.6) is 6.01 Å². The molecule has 0 amide bonds.